The molecule has 2 amide bonds. The van der Waals surface area contributed by atoms with Crippen molar-refractivity contribution in [1.29, 1.82) is 0 Å². The molecule has 1 N–H and O–H groups in total. The van der Waals surface area contributed by atoms with Crippen molar-refractivity contribution in [2.24, 2.45) is 0 Å². The maximum atomic E-state index is 12.8. The average Bonchev–Trinajstić information content (AvgIpc) is 2.55. The van der Waals surface area contributed by atoms with Gasteiger partial charge in [-0.3, -0.25) is 4.84 Å². The molecule has 0 saturated carbocycles. The van der Waals surface area contributed by atoms with Crippen molar-refractivity contribution < 1.29 is 18.8 Å². The Morgan fingerprint density at radius 1 is 1.14 bits per heavy atom. The predicted molar refractivity (Wildman–Crippen MR) is 81.0 cm³/mol. The smallest absolute Gasteiger partial charge is 0.345 e. The molecule has 22 heavy (non-hydrogen) atoms. The quantitative estimate of drug-likeness (QED) is 0.861. The topological polar surface area (TPSA) is 50.8 Å². The number of halogens is 1. The summed E-state index contributed by atoms with van der Waals surface area (Å²) in [6.07, 6.45) is 0. The van der Waals surface area contributed by atoms with Crippen LogP contribution in [0, 0.1) is 5.82 Å². The van der Waals surface area contributed by atoms with Crippen LogP contribution in [-0.4, -0.2) is 25.3 Å². The fourth-order valence-corrected chi connectivity index (χ4v) is 1.67. The predicted octanol–water partition coefficient (Wildman–Crippen LogP) is 3.43. The second kappa shape index (κ2) is 7.42. The Balaban J connectivity index is 1.89. The van der Waals surface area contributed by atoms with Crippen molar-refractivity contribution in [2.75, 3.05) is 19.5 Å². The second-order valence-corrected chi connectivity index (χ2v) is 4.55. The number of anilines is 1. The van der Waals surface area contributed by atoms with Gasteiger partial charge in [-0.15, -0.1) is 0 Å². The molecule has 116 valence electrons. The molecule has 0 heterocycles. The number of nitrogens with one attached hydrogen (secondary N) is 1. The monoisotopic (exact) mass is 304 g/mol. The van der Waals surface area contributed by atoms with Gasteiger partial charge in [0, 0.05) is 12.7 Å². The molecule has 5 nitrogen and oxygen atoms in total. The van der Waals surface area contributed by atoms with E-state index in [0.717, 1.165) is 10.6 Å². The van der Waals surface area contributed by atoms with Crippen LogP contribution in [0.5, 0.6) is 5.75 Å². The number of rotatable bonds is 5. The molecule has 2 rings (SSSR count). The standard InChI is InChI=1S/C16H17FN2O3/c1-19(21-2)16(20)18-14-7-9-15(10-8-14)22-11-12-3-5-13(17)6-4-12/h3-10H,11H2,1-2H3,(H,18,20). The highest BCUT2D eigenvalue weighted by Gasteiger charge is 2.07. The molecule has 0 aliphatic carbocycles. The Morgan fingerprint density at radius 2 is 1.77 bits per heavy atom. The van der Waals surface area contributed by atoms with Crippen molar-refractivity contribution in [3.05, 3.63) is 59.9 Å². The van der Waals surface area contributed by atoms with Crippen LogP contribution in [0.25, 0.3) is 0 Å². The van der Waals surface area contributed by atoms with Crippen LogP contribution in [0.15, 0.2) is 48.5 Å². The van der Waals surface area contributed by atoms with E-state index >= 15 is 0 Å². The number of hydrogen-bond acceptors (Lipinski definition) is 3. The van der Waals surface area contributed by atoms with Crippen molar-refractivity contribution >= 4 is 11.7 Å². The second-order valence-electron chi connectivity index (χ2n) is 4.55. The Bertz CT molecular complexity index is 614. The number of carbonyl (C=O) groups is 1. The molecule has 0 atom stereocenters. The number of benzene rings is 2. The number of nitrogens with zero attached hydrogens (tertiary/aromatic N) is 1. The zero-order chi connectivity index (χ0) is 15.9. The molecule has 0 aromatic heterocycles. The number of hydrogen-bond donors (Lipinski definition) is 1. The molecule has 0 aliphatic rings. The minimum Gasteiger partial charge on any atom is -0.489 e. The third kappa shape index (κ3) is 4.46. The summed E-state index contributed by atoms with van der Waals surface area (Å²) in [4.78, 5) is 16.4. The number of amides is 2. The molecular formula is C16H17FN2O3. The van der Waals surface area contributed by atoms with E-state index in [1.807, 2.05) is 0 Å². The molecule has 0 unspecified atom stereocenters. The first-order chi connectivity index (χ1) is 10.6. The van der Waals surface area contributed by atoms with E-state index in [9.17, 15) is 9.18 Å². The van der Waals surface area contributed by atoms with E-state index in [-0.39, 0.29) is 11.8 Å². The Labute approximate surface area is 128 Å². The van der Waals surface area contributed by atoms with Gasteiger partial charge in [0.25, 0.3) is 0 Å². The molecule has 2 aromatic rings. The lowest BCUT2D eigenvalue weighted by Crippen LogP contribution is -2.30. The van der Waals surface area contributed by atoms with Crippen LogP contribution in [-0.2, 0) is 11.4 Å². The highest BCUT2D eigenvalue weighted by atomic mass is 19.1. The van der Waals surface area contributed by atoms with Crippen molar-refractivity contribution in [1.82, 2.24) is 5.06 Å². The third-order valence-electron chi connectivity index (χ3n) is 2.98. The number of carbonyl (C=O) groups excluding carboxylic acids is 1. The molecule has 2 aromatic carbocycles. The highest BCUT2D eigenvalue weighted by Crippen LogP contribution is 2.17. The first-order valence-corrected chi connectivity index (χ1v) is 6.64. The average molecular weight is 304 g/mol. The van der Waals surface area contributed by atoms with Gasteiger partial charge in [0.1, 0.15) is 18.2 Å². The summed E-state index contributed by atoms with van der Waals surface area (Å²) in [6, 6.07) is 12.7. The van der Waals surface area contributed by atoms with Gasteiger partial charge in [0.2, 0.25) is 0 Å². The third-order valence-corrected chi connectivity index (χ3v) is 2.98. The van der Waals surface area contributed by atoms with Crippen molar-refractivity contribution in [2.45, 2.75) is 6.61 Å². The number of urea groups is 1. The van der Waals surface area contributed by atoms with Gasteiger partial charge < -0.3 is 10.1 Å². The maximum absolute atomic E-state index is 12.8. The van der Waals surface area contributed by atoms with Crippen LogP contribution >= 0.6 is 0 Å². The molecule has 0 bridgehead atoms. The van der Waals surface area contributed by atoms with Crippen LogP contribution in [0.3, 0.4) is 0 Å². The van der Waals surface area contributed by atoms with Crippen LogP contribution < -0.4 is 10.1 Å². The van der Waals surface area contributed by atoms with Gasteiger partial charge in [-0.05, 0) is 42.0 Å². The Kier molecular flexibility index (Phi) is 5.32. The fourth-order valence-electron chi connectivity index (χ4n) is 1.67. The van der Waals surface area contributed by atoms with Crippen molar-refractivity contribution in [3.8, 4) is 5.75 Å². The Hall–Kier alpha value is -2.60. The summed E-state index contributed by atoms with van der Waals surface area (Å²) in [7, 11) is 2.92. The normalized spacial score (nSPS) is 10.1. The lowest BCUT2D eigenvalue weighted by atomic mass is 10.2. The van der Waals surface area contributed by atoms with Gasteiger partial charge in [-0.2, -0.15) is 0 Å². The summed E-state index contributed by atoms with van der Waals surface area (Å²) in [6.45, 7) is 0.346. The van der Waals surface area contributed by atoms with E-state index in [1.54, 1.807) is 36.4 Å². The van der Waals surface area contributed by atoms with Crippen LogP contribution in [0.1, 0.15) is 5.56 Å². The largest absolute Gasteiger partial charge is 0.489 e. The summed E-state index contributed by atoms with van der Waals surface area (Å²) in [5, 5.41) is 3.75. The molecule has 0 spiro atoms. The van der Waals surface area contributed by atoms with E-state index in [4.69, 9.17) is 9.57 Å². The van der Waals surface area contributed by atoms with Gasteiger partial charge in [-0.25, -0.2) is 14.2 Å². The molecule has 0 aliphatic heterocycles. The van der Waals surface area contributed by atoms with Crippen LogP contribution in [0.4, 0.5) is 14.9 Å². The SMILES string of the molecule is CON(C)C(=O)Nc1ccc(OCc2ccc(F)cc2)cc1. The summed E-state index contributed by atoms with van der Waals surface area (Å²) >= 11 is 0. The first kappa shape index (κ1) is 15.8. The highest BCUT2D eigenvalue weighted by molar-refractivity contribution is 5.88. The fraction of sp³-hybridized carbons (Fsp3) is 0.188. The van der Waals surface area contributed by atoms with E-state index in [1.165, 1.54) is 26.3 Å². The molecule has 0 fully saturated rings. The van der Waals surface area contributed by atoms with Crippen LogP contribution in [0.2, 0.25) is 0 Å². The molecule has 0 radical (unpaired) electrons. The van der Waals surface area contributed by atoms with Gasteiger partial charge >= 0.3 is 6.03 Å². The zero-order valence-electron chi connectivity index (χ0n) is 12.4. The van der Waals surface area contributed by atoms with Gasteiger partial charge in [0.05, 0.1) is 7.11 Å². The number of ether oxygens (including phenoxy) is 1. The van der Waals surface area contributed by atoms with Crippen molar-refractivity contribution in [3.63, 3.8) is 0 Å². The van der Waals surface area contributed by atoms with E-state index in [2.05, 4.69) is 5.32 Å². The van der Waals surface area contributed by atoms with E-state index in [0.29, 0.717) is 18.0 Å². The maximum Gasteiger partial charge on any atom is 0.345 e. The molecule has 6 heteroatoms. The Morgan fingerprint density at radius 3 is 2.36 bits per heavy atom. The zero-order valence-corrected chi connectivity index (χ0v) is 12.4. The summed E-state index contributed by atoms with van der Waals surface area (Å²) in [5.41, 5.74) is 1.50. The van der Waals surface area contributed by atoms with Gasteiger partial charge in [-0.1, -0.05) is 12.1 Å². The molecular weight excluding hydrogens is 287 g/mol. The first-order valence-electron chi connectivity index (χ1n) is 6.64. The minimum absolute atomic E-state index is 0.273. The summed E-state index contributed by atoms with van der Waals surface area (Å²) in [5.74, 6) is 0.382. The van der Waals surface area contributed by atoms with E-state index < -0.39 is 0 Å². The molecule has 0 saturated heterocycles. The lowest BCUT2D eigenvalue weighted by Gasteiger charge is -2.14. The summed E-state index contributed by atoms with van der Waals surface area (Å²) < 4.78 is 18.4. The number of hydroxylamine groups is 2. The lowest BCUT2D eigenvalue weighted by molar-refractivity contribution is -0.0598. The minimum atomic E-state index is -0.373. The van der Waals surface area contributed by atoms with Gasteiger partial charge in [0.15, 0.2) is 0 Å².